The Bertz CT molecular complexity index is 425. The van der Waals surface area contributed by atoms with Crippen molar-refractivity contribution in [1.29, 1.82) is 5.41 Å². The molecule has 1 aromatic heterocycles. The van der Waals surface area contributed by atoms with Gasteiger partial charge in [0.15, 0.2) is 0 Å². The van der Waals surface area contributed by atoms with Gasteiger partial charge in [-0.05, 0) is 26.2 Å². The summed E-state index contributed by atoms with van der Waals surface area (Å²) < 4.78 is 0. The van der Waals surface area contributed by atoms with E-state index in [4.69, 9.17) is 10.4 Å². The van der Waals surface area contributed by atoms with Gasteiger partial charge in [0.25, 0.3) is 0 Å². The van der Waals surface area contributed by atoms with Crippen molar-refractivity contribution in [3.63, 3.8) is 0 Å². The zero-order chi connectivity index (χ0) is 12.3. The first kappa shape index (κ1) is 12.5. The fourth-order valence-corrected chi connectivity index (χ4v) is 3.42. The van der Waals surface area contributed by atoms with E-state index in [-0.39, 0.29) is 0 Å². The van der Waals surface area contributed by atoms with E-state index in [2.05, 4.69) is 18.4 Å². The molecule has 1 heterocycles. The van der Waals surface area contributed by atoms with Crippen LogP contribution in [-0.2, 0) is 0 Å². The van der Waals surface area contributed by atoms with Crippen molar-refractivity contribution in [1.82, 2.24) is 4.98 Å². The summed E-state index contributed by atoms with van der Waals surface area (Å²) in [6, 6.07) is 0. The third kappa shape index (κ3) is 2.83. The highest BCUT2D eigenvalue weighted by Gasteiger charge is 2.20. The van der Waals surface area contributed by atoms with E-state index in [9.17, 15) is 0 Å². The number of hydrogen-bond acceptors (Lipinski definition) is 3. The van der Waals surface area contributed by atoms with Crippen molar-refractivity contribution in [3.05, 3.63) is 22.2 Å². The SMILES string of the molecule is CC/C=C(\C(C)=N)c1nc(C2CCCC2)cs1. The van der Waals surface area contributed by atoms with E-state index in [1.54, 1.807) is 11.3 Å². The van der Waals surface area contributed by atoms with Crippen LogP contribution in [0.25, 0.3) is 5.57 Å². The Morgan fingerprint density at radius 1 is 1.53 bits per heavy atom. The van der Waals surface area contributed by atoms with Gasteiger partial charge in [-0.1, -0.05) is 25.8 Å². The number of hydrogen-bond donors (Lipinski definition) is 1. The second-order valence-corrected chi connectivity index (χ2v) is 5.57. The summed E-state index contributed by atoms with van der Waals surface area (Å²) in [5.74, 6) is 0.675. The summed E-state index contributed by atoms with van der Waals surface area (Å²) in [6.07, 6.45) is 8.35. The molecule has 0 atom stereocenters. The average molecular weight is 248 g/mol. The van der Waals surface area contributed by atoms with Crippen LogP contribution in [0.15, 0.2) is 11.5 Å². The molecule has 1 saturated carbocycles. The molecule has 1 fully saturated rings. The molecule has 1 aliphatic carbocycles. The number of aromatic nitrogens is 1. The van der Waals surface area contributed by atoms with Crippen LogP contribution in [0.3, 0.4) is 0 Å². The van der Waals surface area contributed by atoms with E-state index in [1.807, 2.05) is 6.92 Å². The summed E-state index contributed by atoms with van der Waals surface area (Å²) in [7, 11) is 0. The van der Waals surface area contributed by atoms with Gasteiger partial charge in [0.05, 0.1) is 5.69 Å². The topological polar surface area (TPSA) is 36.7 Å². The first-order valence-electron chi connectivity index (χ1n) is 6.43. The molecule has 0 spiro atoms. The molecule has 0 bridgehead atoms. The lowest BCUT2D eigenvalue weighted by molar-refractivity contribution is 0.702. The zero-order valence-corrected chi connectivity index (χ0v) is 11.4. The predicted molar refractivity (Wildman–Crippen MR) is 75.0 cm³/mol. The van der Waals surface area contributed by atoms with Crippen LogP contribution in [0, 0.1) is 5.41 Å². The number of nitrogens with zero attached hydrogens (tertiary/aromatic N) is 1. The largest absolute Gasteiger partial charge is 0.305 e. The van der Waals surface area contributed by atoms with Crippen molar-refractivity contribution in [3.8, 4) is 0 Å². The summed E-state index contributed by atoms with van der Waals surface area (Å²) in [4.78, 5) is 4.74. The van der Waals surface area contributed by atoms with Crippen molar-refractivity contribution in [2.24, 2.45) is 0 Å². The Kier molecular flexibility index (Phi) is 4.11. The van der Waals surface area contributed by atoms with Crippen molar-refractivity contribution in [2.75, 3.05) is 0 Å². The molecule has 2 nitrogen and oxygen atoms in total. The van der Waals surface area contributed by atoms with Crippen LogP contribution < -0.4 is 0 Å². The van der Waals surface area contributed by atoms with Gasteiger partial charge in [-0.3, -0.25) is 0 Å². The van der Waals surface area contributed by atoms with Gasteiger partial charge in [0, 0.05) is 22.6 Å². The fourth-order valence-electron chi connectivity index (χ4n) is 2.42. The maximum absolute atomic E-state index is 7.81. The number of nitrogens with one attached hydrogen (secondary N) is 1. The molecule has 1 aromatic rings. The van der Waals surface area contributed by atoms with Crippen molar-refractivity contribution < 1.29 is 0 Å². The number of rotatable bonds is 4. The standard InChI is InChI=1S/C14H20N2S/c1-3-6-12(10(2)15)14-16-13(9-17-14)11-7-4-5-8-11/h6,9,11,15H,3-5,7-8H2,1-2H3/b12-6+,15-10?. The minimum absolute atomic E-state index is 0.624. The Balaban J connectivity index is 2.21. The van der Waals surface area contributed by atoms with Crippen molar-refractivity contribution >= 4 is 22.6 Å². The summed E-state index contributed by atoms with van der Waals surface area (Å²) in [6.45, 7) is 3.95. The van der Waals surface area contributed by atoms with E-state index >= 15 is 0 Å². The lowest BCUT2D eigenvalue weighted by Gasteiger charge is -2.04. The fraction of sp³-hybridized carbons (Fsp3) is 0.571. The molecular formula is C14H20N2S. The maximum Gasteiger partial charge on any atom is 0.125 e. The van der Waals surface area contributed by atoms with Crippen LogP contribution in [0.2, 0.25) is 0 Å². The Hall–Kier alpha value is -0.960. The molecule has 92 valence electrons. The molecule has 0 aliphatic heterocycles. The maximum atomic E-state index is 7.81. The molecule has 17 heavy (non-hydrogen) atoms. The van der Waals surface area contributed by atoms with Gasteiger partial charge in [0.2, 0.25) is 0 Å². The van der Waals surface area contributed by atoms with E-state index in [1.165, 1.54) is 31.4 Å². The molecule has 0 amide bonds. The van der Waals surface area contributed by atoms with Crippen LogP contribution in [-0.4, -0.2) is 10.7 Å². The Morgan fingerprint density at radius 3 is 2.82 bits per heavy atom. The Morgan fingerprint density at radius 2 is 2.24 bits per heavy atom. The van der Waals surface area contributed by atoms with Crippen LogP contribution >= 0.6 is 11.3 Å². The van der Waals surface area contributed by atoms with Crippen LogP contribution in [0.5, 0.6) is 0 Å². The van der Waals surface area contributed by atoms with E-state index < -0.39 is 0 Å². The highest BCUT2D eigenvalue weighted by atomic mass is 32.1. The van der Waals surface area contributed by atoms with Gasteiger partial charge >= 0.3 is 0 Å². The first-order valence-corrected chi connectivity index (χ1v) is 7.31. The van der Waals surface area contributed by atoms with Crippen LogP contribution in [0.1, 0.15) is 62.6 Å². The summed E-state index contributed by atoms with van der Waals surface area (Å²) >= 11 is 1.69. The van der Waals surface area contributed by atoms with Gasteiger partial charge in [-0.2, -0.15) is 0 Å². The highest BCUT2D eigenvalue weighted by Crippen LogP contribution is 2.35. The minimum atomic E-state index is 0.624. The predicted octanol–water partition coefficient (Wildman–Crippen LogP) is 4.63. The average Bonchev–Trinajstić information content (AvgIpc) is 2.95. The normalized spacial score (nSPS) is 17.6. The second-order valence-electron chi connectivity index (χ2n) is 4.71. The zero-order valence-electron chi connectivity index (χ0n) is 10.6. The molecule has 1 N–H and O–H groups in total. The summed E-state index contributed by atoms with van der Waals surface area (Å²) in [5, 5.41) is 11.0. The number of allylic oxidation sites excluding steroid dienone is 2. The third-order valence-corrected chi connectivity index (χ3v) is 4.23. The molecule has 0 radical (unpaired) electrons. The first-order chi connectivity index (χ1) is 8.22. The molecule has 2 rings (SSSR count). The minimum Gasteiger partial charge on any atom is -0.305 e. The quantitative estimate of drug-likeness (QED) is 0.775. The van der Waals surface area contributed by atoms with Crippen molar-refractivity contribution in [2.45, 2.75) is 51.9 Å². The lowest BCUT2D eigenvalue weighted by atomic mass is 10.1. The van der Waals surface area contributed by atoms with Gasteiger partial charge in [-0.15, -0.1) is 11.3 Å². The van der Waals surface area contributed by atoms with Crippen LogP contribution in [0.4, 0.5) is 0 Å². The Labute approximate surface area is 107 Å². The molecular weight excluding hydrogens is 228 g/mol. The molecule has 0 unspecified atom stereocenters. The van der Waals surface area contributed by atoms with Gasteiger partial charge in [-0.25, -0.2) is 4.98 Å². The van der Waals surface area contributed by atoms with E-state index in [0.29, 0.717) is 11.6 Å². The van der Waals surface area contributed by atoms with Gasteiger partial charge < -0.3 is 5.41 Å². The van der Waals surface area contributed by atoms with E-state index in [0.717, 1.165) is 17.0 Å². The molecule has 1 aliphatic rings. The molecule has 0 aromatic carbocycles. The highest BCUT2D eigenvalue weighted by molar-refractivity contribution is 7.11. The monoisotopic (exact) mass is 248 g/mol. The molecule has 3 heteroatoms. The number of thiazole rings is 1. The molecule has 0 saturated heterocycles. The second kappa shape index (κ2) is 5.58. The third-order valence-electron chi connectivity index (χ3n) is 3.34. The lowest BCUT2D eigenvalue weighted by Crippen LogP contribution is -1.97. The smallest absolute Gasteiger partial charge is 0.125 e. The van der Waals surface area contributed by atoms with Gasteiger partial charge in [0.1, 0.15) is 5.01 Å². The summed E-state index contributed by atoms with van der Waals surface area (Å²) in [5.41, 5.74) is 2.90.